The van der Waals surface area contributed by atoms with Gasteiger partial charge in [-0.15, -0.1) is 0 Å². The molecule has 0 saturated heterocycles. The van der Waals surface area contributed by atoms with Crippen molar-refractivity contribution in [2.24, 2.45) is 5.41 Å². The molecule has 108 valence electrons. The molecule has 1 unspecified atom stereocenters. The minimum Gasteiger partial charge on any atom is -0.478 e. The first-order valence-electron chi connectivity index (χ1n) is 6.96. The van der Waals surface area contributed by atoms with E-state index in [-0.39, 0.29) is 22.9 Å². The molecule has 1 atom stereocenters. The first-order valence-corrected chi connectivity index (χ1v) is 6.96. The van der Waals surface area contributed by atoms with Crippen molar-refractivity contribution in [1.82, 2.24) is 5.32 Å². The zero-order valence-corrected chi connectivity index (χ0v) is 12.0. The Hall–Kier alpha value is -2.36. The van der Waals surface area contributed by atoms with E-state index < -0.39 is 5.97 Å². The van der Waals surface area contributed by atoms with Crippen molar-refractivity contribution in [2.45, 2.75) is 26.3 Å². The number of hydrogen-bond acceptors (Lipinski definition) is 2. The highest BCUT2D eigenvalue weighted by Gasteiger charge is 2.46. The molecule has 1 aliphatic carbocycles. The number of carbonyl (C=O) groups excluding carboxylic acids is 1. The Morgan fingerprint density at radius 3 is 2.24 bits per heavy atom. The van der Waals surface area contributed by atoms with E-state index in [2.05, 4.69) is 19.2 Å². The van der Waals surface area contributed by atoms with Crippen molar-refractivity contribution in [2.75, 3.05) is 0 Å². The molecule has 1 saturated carbocycles. The van der Waals surface area contributed by atoms with Gasteiger partial charge in [0.25, 0.3) is 5.91 Å². The van der Waals surface area contributed by atoms with Gasteiger partial charge in [-0.25, -0.2) is 4.79 Å². The van der Waals surface area contributed by atoms with Crippen LogP contribution in [0, 0.1) is 5.41 Å². The Kier molecular flexibility index (Phi) is 2.97. The largest absolute Gasteiger partial charge is 0.478 e. The first kappa shape index (κ1) is 13.6. The third-order valence-corrected chi connectivity index (χ3v) is 4.20. The molecule has 1 amide bonds. The maximum Gasteiger partial charge on any atom is 0.336 e. The molecule has 0 radical (unpaired) electrons. The number of carboxylic acids is 1. The van der Waals surface area contributed by atoms with E-state index >= 15 is 0 Å². The van der Waals surface area contributed by atoms with Gasteiger partial charge in [-0.05, 0) is 29.4 Å². The SMILES string of the molecule is CC1(C)CC1NC(=O)c1cccc2cccc(C(=O)O)c12. The van der Waals surface area contributed by atoms with Gasteiger partial charge in [-0.2, -0.15) is 0 Å². The summed E-state index contributed by atoms with van der Waals surface area (Å²) in [6, 6.07) is 10.5. The minimum absolute atomic E-state index is 0.135. The van der Waals surface area contributed by atoms with Crippen LogP contribution in [0.3, 0.4) is 0 Å². The molecule has 3 rings (SSSR count). The normalized spacial score (nSPS) is 19.2. The summed E-state index contributed by atoms with van der Waals surface area (Å²) in [5.74, 6) is -1.22. The lowest BCUT2D eigenvalue weighted by molar-refractivity contribution is 0.0699. The number of carbonyl (C=O) groups is 2. The van der Waals surface area contributed by atoms with Crippen molar-refractivity contribution in [3.8, 4) is 0 Å². The summed E-state index contributed by atoms with van der Waals surface area (Å²) < 4.78 is 0. The van der Waals surface area contributed by atoms with E-state index in [0.717, 1.165) is 11.8 Å². The average molecular weight is 283 g/mol. The highest BCUT2D eigenvalue weighted by atomic mass is 16.4. The second-order valence-electron chi connectivity index (χ2n) is 6.23. The van der Waals surface area contributed by atoms with Crippen LogP contribution in [0.5, 0.6) is 0 Å². The fraction of sp³-hybridized carbons (Fsp3) is 0.294. The van der Waals surface area contributed by atoms with Gasteiger partial charge in [0, 0.05) is 17.0 Å². The van der Waals surface area contributed by atoms with Crippen LogP contribution in [0.2, 0.25) is 0 Å². The molecule has 2 aromatic rings. The Labute approximate surface area is 122 Å². The molecule has 21 heavy (non-hydrogen) atoms. The van der Waals surface area contributed by atoms with Gasteiger partial charge in [0.05, 0.1) is 5.56 Å². The molecule has 0 spiro atoms. The molecule has 4 heteroatoms. The summed E-state index contributed by atoms with van der Waals surface area (Å²) in [4.78, 5) is 23.9. The second kappa shape index (κ2) is 4.58. The number of amides is 1. The molecular weight excluding hydrogens is 266 g/mol. The highest BCUT2D eigenvalue weighted by molar-refractivity contribution is 6.14. The maximum absolute atomic E-state index is 12.5. The summed E-state index contributed by atoms with van der Waals surface area (Å²) >= 11 is 0. The molecule has 0 bridgehead atoms. The zero-order chi connectivity index (χ0) is 15.2. The Morgan fingerprint density at radius 1 is 1.14 bits per heavy atom. The predicted molar refractivity (Wildman–Crippen MR) is 80.6 cm³/mol. The van der Waals surface area contributed by atoms with Crippen LogP contribution in [0.25, 0.3) is 10.8 Å². The monoisotopic (exact) mass is 283 g/mol. The number of rotatable bonds is 3. The summed E-state index contributed by atoms with van der Waals surface area (Å²) in [7, 11) is 0. The minimum atomic E-state index is -1.02. The highest BCUT2D eigenvalue weighted by Crippen LogP contribution is 2.44. The van der Waals surface area contributed by atoms with Gasteiger partial charge in [-0.1, -0.05) is 38.1 Å². The Bertz CT molecular complexity index is 744. The molecule has 1 aliphatic rings. The number of fused-ring (bicyclic) bond motifs is 1. The van der Waals surface area contributed by atoms with Crippen LogP contribution >= 0.6 is 0 Å². The Morgan fingerprint density at radius 2 is 1.71 bits per heavy atom. The van der Waals surface area contributed by atoms with Gasteiger partial charge in [0.2, 0.25) is 0 Å². The van der Waals surface area contributed by atoms with Gasteiger partial charge in [0.15, 0.2) is 0 Å². The molecule has 0 aliphatic heterocycles. The van der Waals surface area contributed by atoms with E-state index in [0.29, 0.717) is 10.9 Å². The third kappa shape index (κ3) is 2.37. The summed E-state index contributed by atoms with van der Waals surface area (Å²) in [6.07, 6.45) is 0.954. The molecule has 0 heterocycles. The van der Waals surface area contributed by atoms with Crippen LogP contribution in [-0.4, -0.2) is 23.0 Å². The van der Waals surface area contributed by atoms with Gasteiger partial charge < -0.3 is 10.4 Å². The molecule has 4 nitrogen and oxygen atoms in total. The fourth-order valence-corrected chi connectivity index (χ4v) is 2.66. The van der Waals surface area contributed by atoms with Crippen LogP contribution < -0.4 is 5.32 Å². The van der Waals surface area contributed by atoms with Crippen LogP contribution in [0.15, 0.2) is 36.4 Å². The van der Waals surface area contributed by atoms with Crippen molar-refractivity contribution < 1.29 is 14.7 Å². The van der Waals surface area contributed by atoms with Crippen molar-refractivity contribution in [3.05, 3.63) is 47.5 Å². The smallest absolute Gasteiger partial charge is 0.336 e. The van der Waals surface area contributed by atoms with Crippen molar-refractivity contribution >= 4 is 22.6 Å². The molecule has 2 aromatic carbocycles. The number of aromatic carboxylic acids is 1. The van der Waals surface area contributed by atoms with E-state index in [1.807, 2.05) is 12.1 Å². The van der Waals surface area contributed by atoms with Crippen LogP contribution in [0.4, 0.5) is 0 Å². The Balaban J connectivity index is 2.06. The average Bonchev–Trinajstić information content (AvgIpc) is 3.03. The maximum atomic E-state index is 12.5. The number of benzene rings is 2. The second-order valence-corrected chi connectivity index (χ2v) is 6.23. The topological polar surface area (TPSA) is 66.4 Å². The summed E-state index contributed by atoms with van der Waals surface area (Å²) in [5.41, 5.74) is 0.720. The van der Waals surface area contributed by atoms with E-state index in [9.17, 15) is 14.7 Å². The standard InChI is InChI=1S/C17H17NO3/c1-17(2)9-13(17)18-15(19)11-7-3-5-10-6-4-8-12(14(10)11)16(20)21/h3-8,13H,9H2,1-2H3,(H,18,19)(H,20,21). The summed E-state index contributed by atoms with van der Waals surface area (Å²) in [6.45, 7) is 4.20. The molecule has 1 fully saturated rings. The first-order chi connectivity index (χ1) is 9.90. The van der Waals surface area contributed by atoms with Crippen molar-refractivity contribution in [3.63, 3.8) is 0 Å². The molecule has 2 N–H and O–H groups in total. The van der Waals surface area contributed by atoms with E-state index in [1.54, 1.807) is 18.2 Å². The van der Waals surface area contributed by atoms with Crippen LogP contribution in [-0.2, 0) is 0 Å². The van der Waals surface area contributed by atoms with Crippen molar-refractivity contribution in [1.29, 1.82) is 0 Å². The van der Waals surface area contributed by atoms with Crippen LogP contribution in [0.1, 0.15) is 41.0 Å². The van der Waals surface area contributed by atoms with E-state index in [4.69, 9.17) is 0 Å². The lowest BCUT2D eigenvalue weighted by atomic mass is 9.98. The third-order valence-electron chi connectivity index (χ3n) is 4.20. The fourth-order valence-electron chi connectivity index (χ4n) is 2.66. The quantitative estimate of drug-likeness (QED) is 0.909. The lowest BCUT2D eigenvalue weighted by Crippen LogP contribution is -2.28. The zero-order valence-electron chi connectivity index (χ0n) is 12.0. The molecule has 0 aromatic heterocycles. The number of nitrogens with one attached hydrogen (secondary N) is 1. The van der Waals surface area contributed by atoms with Gasteiger partial charge in [0.1, 0.15) is 0 Å². The predicted octanol–water partition coefficient (Wildman–Crippen LogP) is 3.07. The summed E-state index contributed by atoms with van der Waals surface area (Å²) in [5, 5.41) is 13.6. The van der Waals surface area contributed by atoms with Gasteiger partial charge in [-0.3, -0.25) is 4.79 Å². The number of hydrogen-bond donors (Lipinski definition) is 2. The number of carboxylic acid groups (broad SMARTS) is 1. The van der Waals surface area contributed by atoms with Gasteiger partial charge >= 0.3 is 5.97 Å². The lowest BCUT2D eigenvalue weighted by Gasteiger charge is -2.11. The molecular formula is C17H17NO3. The van der Waals surface area contributed by atoms with E-state index in [1.165, 1.54) is 6.07 Å².